The van der Waals surface area contributed by atoms with Gasteiger partial charge in [0, 0.05) is 6.42 Å². The van der Waals surface area contributed by atoms with E-state index < -0.39 is 9.93 Å². The molecule has 0 bridgehead atoms. The van der Waals surface area contributed by atoms with Crippen molar-refractivity contribution in [3.63, 3.8) is 0 Å². The van der Waals surface area contributed by atoms with E-state index in [1.54, 1.807) is 0 Å². The van der Waals surface area contributed by atoms with E-state index in [4.69, 9.17) is 4.89 Å². The van der Waals surface area contributed by atoms with Crippen LogP contribution in [0.5, 0.6) is 0 Å². The van der Waals surface area contributed by atoms with Crippen molar-refractivity contribution in [3.05, 3.63) is 144 Å². The number of rotatable bonds is 7. The summed E-state index contributed by atoms with van der Waals surface area (Å²) in [5.74, 6) is 0. The molecule has 0 radical (unpaired) electrons. The quantitative estimate of drug-likeness (QED) is 0.181. The third-order valence-electron chi connectivity index (χ3n) is 5.59. The second-order valence-corrected chi connectivity index (χ2v) is 8.71. The van der Waals surface area contributed by atoms with E-state index in [9.17, 15) is 5.26 Å². The molecule has 0 spiro atoms. The van der Waals surface area contributed by atoms with Crippen molar-refractivity contribution in [2.75, 3.05) is 0 Å². The molecule has 0 aromatic heterocycles. The first-order valence-corrected chi connectivity index (χ1v) is 10.7. The molecule has 0 heterocycles. The molecule has 0 amide bonds. The molecule has 0 fully saturated rings. The molecule has 4 aromatic rings. The lowest BCUT2D eigenvalue weighted by molar-refractivity contribution is -0.318. The van der Waals surface area contributed by atoms with Crippen LogP contribution in [0.25, 0.3) is 0 Å². The number of hydrogen-bond donors (Lipinski definition) is 1. The van der Waals surface area contributed by atoms with Gasteiger partial charge in [0.25, 0.3) is 0 Å². The zero-order valence-electron chi connectivity index (χ0n) is 16.5. The molecule has 4 rings (SSSR count). The van der Waals surface area contributed by atoms with Gasteiger partial charge in [0.1, 0.15) is 0 Å². The van der Waals surface area contributed by atoms with E-state index in [2.05, 4.69) is 40.2 Å². The minimum Gasteiger partial charge on any atom is -0.251 e. The van der Waals surface area contributed by atoms with Gasteiger partial charge >= 0.3 is 0 Å². The summed E-state index contributed by atoms with van der Waals surface area (Å²) in [5.41, 5.74) is 2.87. The first-order chi connectivity index (χ1) is 14.7. The van der Waals surface area contributed by atoms with Crippen molar-refractivity contribution < 1.29 is 10.1 Å². The average molecular weight is 459 g/mol. The smallest absolute Gasteiger partial charge is 0.155 e. The van der Waals surface area contributed by atoms with Crippen molar-refractivity contribution in [3.8, 4) is 0 Å². The van der Waals surface area contributed by atoms with E-state index in [-0.39, 0.29) is 0 Å². The summed E-state index contributed by atoms with van der Waals surface area (Å²) >= 11 is 4.08. The second-order valence-electron chi connectivity index (χ2n) is 7.36. The third kappa shape index (κ3) is 3.84. The molecule has 0 saturated heterocycles. The SMILES string of the molecule is OOC(CC(Br)(c1ccccc1)c1ccccc1)(c1ccccc1)c1ccccc1. The molecule has 1 N–H and O–H groups in total. The van der Waals surface area contributed by atoms with Crippen molar-refractivity contribution >= 4 is 15.9 Å². The number of hydrogen-bond acceptors (Lipinski definition) is 2. The summed E-state index contributed by atoms with van der Waals surface area (Å²) in [6.45, 7) is 0. The Hall–Kier alpha value is -2.72. The normalized spacial score (nSPS) is 11.9. The van der Waals surface area contributed by atoms with Crippen molar-refractivity contribution in [1.82, 2.24) is 0 Å². The predicted octanol–water partition coefficient (Wildman–Crippen LogP) is 7.15. The molecule has 3 heteroatoms. The lowest BCUT2D eigenvalue weighted by atomic mass is 9.75. The van der Waals surface area contributed by atoms with Gasteiger partial charge in [-0.25, -0.2) is 4.89 Å². The third-order valence-corrected chi connectivity index (χ3v) is 6.79. The molecule has 0 aliphatic heterocycles. The number of benzene rings is 4. The summed E-state index contributed by atoms with van der Waals surface area (Å²) < 4.78 is -0.593. The number of halogens is 1. The van der Waals surface area contributed by atoms with E-state index in [0.29, 0.717) is 6.42 Å². The molecule has 0 aliphatic rings. The Morgan fingerprint density at radius 1 is 0.533 bits per heavy atom. The van der Waals surface area contributed by atoms with Gasteiger partial charge in [-0.2, -0.15) is 0 Å². The van der Waals surface area contributed by atoms with Gasteiger partial charge in [0.15, 0.2) is 5.60 Å². The van der Waals surface area contributed by atoms with Crippen LogP contribution < -0.4 is 0 Å². The molecule has 150 valence electrons. The lowest BCUT2D eigenvalue weighted by Gasteiger charge is -2.40. The molecule has 4 aromatic carbocycles. The standard InChI is InChI=1S/C27H23BrO2/c28-26(22-13-5-1-6-14-22,23-15-7-2-8-16-23)21-27(30-29,24-17-9-3-10-18-24)25-19-11-4-12-20-25/h1-20,29H,21H2. The molecule has 0 aliphatic carbocycles. The Labute approximate surface area is 185 Å². The molecule has 0 atom stereocenters. The maximum Gasteiger partial charge on any atom is 0.155 e. The fourth-order valence-corrected chi connectivity index (χ4v) is 4.97. The highest BCUT2D eigenvalue weighted by atomic mass is 79.9. The Bertz CT molecular complexity index is 972. The lowest BCUT2D eigenvalue weighted by Crippen LogP contribution is -2.38. The van der Waals surface area contributed by atoms with Crippen LogP contribution in [0, 0.1) is 0 Å². The molecular weight excluding hydrogens is 436 g/mol. The molecule has 0 unspecified atom stereocenters. The van der Waals surface area contributed by atoms with Crippen LogP contribution in [0.15, 0.2) is 121 Å². The van der Waals surface area contributed by atoms with Gasteiger partial charge in [-0.15, -0.1) is 0 Å². The highest BCUT2D eigenvalue weighted by Crippen LogP contribution is 2.50. The summed E-state index contributed by atoms with van der Waals surface area (Å²) in [4.78, 5) is 5.42. The minimum atomic E-state index is -1.07. The topological polar surface area (TPSA) is 29.5 Å². The van der Waals surface area contributed by atoms with Crippen LogP contribution in [-0.2, 0) is 14.8 Å². The van der Waals surface area contributed by atoms with Crippen LogP contribution in [0.3, 0.4) is 0 Å². The van der Waals surface area contributed by atoms with Gasteiger partial charge in [0.05, 0.1) is 4.32 Å². The molecular formula is C27H23BrO2. The van der Waals surface area contributed by atoms with Crippen LogP contribution in [-0.4, -0.2) is 5.26 Å². The first-order valence-electron chi connectivity index (χ1n) is 9.93. The van der Waals surface area contributed by atoms with Crippen LogP contribution >= 0.6 is 15.9 Å². The Morgan fingerprint density at radius 3 is 1.13 bits per heavy atom. The zero-order valence-corrected chi connectivity index (χ0v) is 18.1. The fourth-order valence-electron chi connectivity index (χ4n) is 4.04. The summed E-state index contributed by atoms with van der Waals surface area (Å²) in [5, 5.41) is 10.4. The van der Waals surface area contributed by atoms with E-state index in [0.717, 1.165) is 22.3 Å². The van der Waals surface area contributed by atoms with Crippen molar-refractivity contribution in [2.45, 2.75) is 16.3 Å². The maximum atomic E-state index is 10.4. The summed E-state index contributed by atoms with van der Waals surface area (Å²) in [6.07, 6.45) is 0.443. The highest BCUT2D eigenvalue weighted by Gasteiger charge is 2.46. The van der Waals surface area contributed by atoms with Gasteiger partial charge < -0.3 is 0 Å². The van der Waals surface area contributed by atoms with Gasteiger partial charge in [-0.3, -0.25) is 5.26 Å². The summed E-state index contributed by atoms with van der Waals surface area (Å²) in [7, 11) is 0. The minimum absolute atomic E-state index is 0.443. The van der Waals surface area contributed by atoms with Crippen LogP contribution in [0.2, 0.25) is 0 Å². The predicted molar refractivity (Wildman–Crippen MR) is 125 cm³/mol. The largest absolute Gasteiger partial charge is 0.251 e. The first kappa shape index (κ1) is 20.5. The van der Waals surface area contributed by atoms with Crippen LogP contribution in [0.1, 0.15) is 28.7 Å². The van der Waals surface area contributed by atoms with Crippen molar-refractivity contribution in [1.29, 1.82) is 0 Å². The van der Waals surface area contributed by atoms with E-state index >= 15 is 0 Å². The van der Waals surface area contributed by atoms with Crippen molar-refractivity contribution in [2.24, 2.45) is 0 Å². The van der Waals surface area contributed by atoms with E-state index in [1.807, 2.05) is 97.1 Å². The van der Waals surface area contributed by atoms with Gasteiger partial charge in [0.2, 0.25) is 0 Å². The van der Waals surface area contributed by atoms with Gasteiger partial charge in [-0.05, 0) is 22.3 Å². The second kappa shape index (κ2) is 8.97. The number of alkyl halides is 1. The fraction of sp³-hybridized carbons (Fsp3) is 0.111. The Morgan fingerprint density at radius 2 is 0.833 bits per heavy atom. The van der Waals surface area contributed by atoms with Gasteiger partial charge in [-0.1, -0.05) is 137 Å². The zero-order chi connectivity index (χ0) is 20.9. The summed E-state index contributed by atoms with van der Waals surface area (Å²) in [6, 6.07) is 40.3. The molecule has 2 nitrogen and oxygen atoms in total. The average Bonchev–Trinajstić information content (AvgIpc) is 2.85. The van der Waals surface area contributed by atoms with Crippen LogP contribution in [0.4, 0.5) is 0 Å². The molecule has 0 saturated carbocycles. The Kier molecular flexibility index (Phi) is 6.14. The molecule has 30 heavy (non-hydrogen) atoms. The maximum absolute atomic E-state index is 10.4. The Balaban J connectivity index is 1.94. The monoisotopic (exact) mass is 458 g/mol. The highest BCUT2D eigenvalue weighted by molar-refractivity contribution is 9.09. The van der Waals surface area contributed by atoms with E-state index in [1.165, 1.54) is 0 Å².